The summed E-state index contributed by atoms with van der Waals surface area (Å²) in [4.78, 5) is 10.4. The second-order valence-corrected chi connectivity index (χ2v) is 2.27. The van der Waals surface area contributed by atoms with Crippen LogP contribution in [0.3, 0.4) is 0 Å². The van der Waals surface area contributed by atoms with Gasteiger partial charge in [0.2, 0.25) is 0 Å². The van der Waals surface area contributed by atoms with E-state index in [1.807, 2.05) is 0 Å². The second-order valence-electron chi connectivity index (χ2n) is 2.27. The van der Waals surface area contributed by atoms with E-state index < -0.39 is 12.0 Å². The topological polar surface area (TPSA) is 81.1 Å². The van der Waals surface area contributed by atoms with Crippen LogP contribution >= 0.6 is 12.4 Å². The molecule has 0 bridgehead atoms. The van der Waals surface area contributed by atoms with Gasteiger partial charge in [-0.3, -0.25) is 4.68 Å². The third-order valence-corrected chi connectivity index (χ3v) is 1.38. The van der Waals surface area contributed by atoms with E-state index in [4.69, 9.17) is 10.8 Å². The van der Waals surface area contributed by atoms with Crippen molar-refractivity contribution in [2.45, 2.75) is 13.0 Å². The maximum absolute atomic E-state index is 10.4. The Hall–Kier alpha value is -1.23. The lowest BCUT2D eigenvalue weighted by atomic mass is 10.3. The van der Waals surface area contributed by atoms with Crippen molar-refractivity contribution < 1.29 is 9.90 Å². The normalized spacial score (nSPS) is 11.8. The van der Waals surface area contributed by atoms with Crippen LogP contribution in [-0.4, -0.2) is 20.9 Å². The molecule has 0 amide bonds. The van der Waals surface area contributed by atoms with Crippen molar-refractivity contribution in [1.82, 2.24) is 9.78 Å². The van der Waals surface area contributed by atoms with Gasteiger partial charge in [0.25, 0.3) is 0 Å². The summed E-state index contributed by atoms with van der Waals surface area (Å²) >= 11 is 0. The molecular formula is C6H10ClN3O2. The Kier molecular flexibility index (Phi) is 3.56. The van der Waals surface area contributed by atoms with Crippen LogP contribution in [-0.2, 0) is 4.79 Å². The molecule has 0 spiro atoms. The number of carboxylic acids is 1. The average Bonchev–Trinajstić information content (AvgIpc) is 2.34. The van der Waals surface area contributed by atoms with Gasteiger partial charge >= 0.3 is 5.97 Å². The van der Waals surface area contributed by atoms with E-state index in [-0.39, 0.29) is 12.4 Å². The zero-order chi connectivity index (χ0) is 8.43. The summed E-state index contributed by atoms with van der Waals surface area (Å²) in [6, 6.07) is -0.660. The lowest BCUT2D eigenvalue weighted by Crippen LogP contribution is -2.15. The third-order valence-electron chi connectivity index (χ3n) is 1.38. The molecule has 0 fully saturated rings. The van der Waals surface area contributed by atoms with Gasteiger partial charge in [0.05, 0.1) is 11.9 Å². The number of nitrogens with zero attached hydrogens (tertiary/aromatic N) is 2. The highest BCUT2D eigenvalue weighted by atomic mass is 35.5. The van der Waals surface area contributed by atoms with Gasteiger partial charge in [-0.15, -0.1) is 12.4 Å². The SMILES string of the molecule is CC(C(=O)O)n1cc(N)cn1.Cl. The molecule has 68 valence electrons. The molecule has 1 aromatic heterocycles. The number of rotatable bonds is 2. The first-order valence-electron chi connectivity index (χ1n) is 3.13. The molecule has 1 rings (SSSR count). The van der Waals surface area contributed by atoms with Gasteiger partial charge in [0, 0.05) is 6.20 Å². The zero-order valence-corrected chi connectivity index (χ0v) is 7.28. The molecule has 0 aliphatic carbocycles. The molecule has 3 N–H and O–H groups in total. The smallest absolute Gasteiger partial charge is 0.328 e. The molecule has 0 aliphatic rings. The van der Waals surface area contributed by atoms with Gasteiger partial charge < -0.3 is 10.8 Å². The fourth-order valence-corrected chi connectivity index (χ4v) is 0.678. The molecule has 0 saturated heterocycles. The van der Waals surface area contributed by atoms with Gasteiger partial charge in [-0.05, 0) is 6.92 Å². The number of aliphatic carboxylic acids is 1. The van der Waals surface area contributed by atoms with Crippen LogP contribution in [0.5, 0.6) is 0 Å². The third kappa shape index (κ3) is 2.13. The van der Waals surface area contributed by atoms with Crippen molar-refractivity contribution in [3.05, 3.63) is 12.4 Å². The summed E-state index contributed by atoms with van der Waals surface area (Å²) in [5.41, 5.74) is 5.81. The van der Waals surface area contributed by atoms with Crippen LogP contribution in [0.15, 0.2) is 12.4 Å². The number of nitrogen functional groups attached to an aromatic ring is 1. The van der Waals surface area contributed by atoms with Crippen LogP contribution in [0.25, 0.3) is 0 Å². The molecule has 1 atom stereocenters. The van der Waals surface area contributed by atoms with Gasteiger partial charge in [-0.25, -0.2) is 4.79 Å². The minimum Gasteiger partial charge on any atom is -0.480 e. The standard InChI is InChI=1S/C6H9N3O2.ClH/c1-4(6(10)11)9-3-5(7)2-8-9;/h2-4H,7H2,1H3,(H,10,11);1H. The van der Waals surface area contributed by atoms with E-state index in [1.165, 1.54) is 24.0 Å². The van der Waals surface area contributed by atoms with Crippen molar-refractivity contribution in [2.75, 3.05) is 5.73 Å². The first kappa shape index (κ1) is 10.8. The number of hydrogen-bond donors (Lipinski definition) is 2. The predicted octanol–water partition coefficient (Wildman–Crippen LogP) is 0.533. The number of carboxylic acid groups (broad SMARTS) is 1. The Morgan fingerprint density at radius 1 is 1.83 bits per heavy atom. The number of carbonyl (C=O) groups is 1. The average molecular weight is 192 g/mol. The largest absolute Gasteiger partial charge is 0.480 e. The van der Waals surface area contributed by atoms with Crippen molar-refractivity contribution >= 4 is 24.1 Å². The molecule has 0 saturated carbocycles. The maximum atomic E-state index is 10.4. The van der Waals surface area contributed by atoms with E-state index in [1.54, 1.807) is 0 Å². The number of aromatic nitrogens is 2. The minimum atomic E-state index is -0.923. The molecule has 1 unspecified atom stereocenters. The van der Waals surface area contributed by atoms with Crippen molar-refractivity contribution in [3.63, 3.8) is 0 Å². The molecule has 5 nitrogen and oxygen atoms in total. The Bertz CT molecular complexity index is 274. The highest BCUT2D eigenvalue weighted by Gasteiger charge is 2.12. The Morgan fingerprint density at radius 3 is 2.75 bits per heavy atom. The van der Waals surface area contributed by atoms with Gasteiger partial charge in [-0.1, -0.05) is 0 Å². The van der Waals surface area contributed by atoms with Crippen LogP contribution in [0.1, 0.15) is 13.0 Å². The first-order chi connectivity index (χ1) is 5.11. The molecule has 0 aliphatic heterocycles. The molecular weight excluding hydrogens is 182 g/mol. The summed E-state index contributed by atoms with van der Waals surface area (Å²) in [7, 11) is 0. The van der Waals surface area contributed by atoms with Crippen molar-refractivity contribution in [1.29, 1.82) is 0 Å². The van der Waals surface area contributed by atoms with E-state index >= 15 is 0 Å². The first-order valence-corrected chi connectivity index (χ1v) is 3.13. The summed E-state index contributed by atoms with van der Waals surface area (Å²) in [6.07, 6.45) is 2.90. The molecule has 12 heavy (non-hydrogen) atoms. The Balaban J connectivity index is 0.00000121. The van der Waals surface area contributed by atoms with Gasteiger partial charge in [0.1, 0.15) is 6.04 Å². The zero-order valence-electron chi connectivity index (χ0n) is 6.47. The van der Waals surface area contributed by atoms with Crippen LogP contribution in [0.4, 0.5) is 5.69 Å². The van der Waals surface area contributed by atoms with E-state index in [9.17, 15) is 4.79 Å². The fourth-order valence-electron chi connectivity index (χ4n) is 0.678. The van der Waals surface area contributed by atoms with Crippen molar-refractivity contribution in [3.8, 4) is 0 Å². The lowest BCUT2D eigenvalue weighted by molar-refractivity contribution is -0.140. The molecule has 0 radical (unpaired) electrons. The summed E-state index contributed by atoms with van der Waals surface area (Å²) in [5.74, 6) is -0.923. The van der Waals surface area contributed by atoms with Crippen LogP contribution < -0.4 is 5.73 Å². The van der Waals surface area contributed by atoms with E-state index in [2.05, 4.69) is 5.10 Å². The molecule has 6 heteroatoms. The van der Waals surface area contributed by atoms with E-state index in [0.29, 0.717) is 5.69 Å². The lowest BCUT2D eigenvalue weighted by Gasteiger charge is -2.04. The second kappa shape index (κ2) is 3.96. The molecule has 1 aromatic rings. The number of hydrogen-bond acceptors (Lipinski definition) is 3. The fraction of sp³-hybridized carbons (Fsp3) is 0.333. The molecule has 1 heterocycles. The predicted molar refractivity (Wildman–Crippen MR) is 46.2 cm³/mol. The molecule has 0 aromatic carbocycles. The Labute approximate surface area is 75.6 Å². The number of halogens is 1. The van der Waals surface area contributed by atoms with Crippen molar-refractivity contribution in [2.24, 2.45) is 0 Å². The van der Waals surface area contributed by atoms with Gasteiger partial charge in [-0.2, -0.15) is 5.10 Å². The summed E-state index contributed by atoms with van der Waals surface area (Å²) < 4.78 is 1.30. The number of anilines is 1. The quantitative estimate of drug-likeness (QED) is 0.715. The van der Waals surface area contributed by atoms with Gasteiger partial charge in [0.15, 0.2) is 0 Å². The number of nitrogens with two attached hydrogens (primary N) is 1. The monoisotopic (exact) mass is 191 g/mol. The highest BCUT2D eigenvalue weighted by molar-refractivity contribution is 5.85. The summed E-state index contributed by atoms with van der Waals surface area (Å²) in [6.45, 7) is 1.54. The minimum absolute atomic E-state index is 0. The summed E-state index contributed by atoms with van der Waals surface area (Å²) in [5, 5.41) is 12.3. The maximum Gasteiger partial charge on any atom is 0.328 e. The highest BCUT2D eigenvalue weighted by Crippen LogP contribution is 2.06. The van der Waals surface area contributed by atoms with Crippen LogP contribution in [0.2, 0.25) is 0 Å². The van der Waals surface area contributed by atoms with E-state index in [0.717, 1.165) is 0 Å². The van der Waals surface area contributed by atoms with Crippen LogP contribution in [0, 0.1) is 0 Å². The Morgan fingerprint density at radius 2 is 2.42 bits per heavy atom.